The van der Waals surface area contributed by atoms with E-state index in [0.29, 0.717) is 55.6 Å². The van der Waals surface area contributed by atoms with E-state index in [1.807, 2.05) is 53.4 Å². The predicted molar refractivity (Wildman–Crippen MR) is 120 cm³/mol. The molecule has 32 heavy (non-hydrogen) atoms. The Labute approximate surface area is 191 Å². The number of halogens is 1. The number of benzene rings is 2. The molecular formula is C24H24ClN3O4. The molecule has 1 amide bonds. The quantitative estimate of drug-likeness (QED) is 0.593. The highest BCUT2D eigenvalue weighted by atomic mass is 35.5. The van der Waals surface area contributed by atoms with Gasteiger partial charge in [-0.25, -0.2) is 4.68 Å². The molecule has 3 heterocycles. The first kappa shape index (κ1) is 21.0. The van der Waals surface area contributed by atoms with Crippen molar-refractivity contribution in [3.63, 3.8) is 0 Å². The van der Waals surface area contributed by atoms with Crippen LogP contribution >= 0.6 is 11.6 Å². The SMILES string of the molecule is COc1ccc(-n2nc(-c3ccccc3Cl)cc2C(=O)N2CCC3(CC2)OCCO3)cc1. The van der Waals surface area contributed by atoms with Gasteiger partial charge in [0.05, 0.1) is 36.7 Å². The number of aromatic nitrogens is 2. The summed E-state index contributed by atoms with van der Waals surface area (Å²) in [6.45, 7) is 2.35. The summed E-state index contributed by atoms with van der Waals surface area (Å²) in [4.78, 5) is 15.4. The monoisotopic (exact) mass is 453 g/mol. The molecule has 2 fully saturated rings. The maximum absolute atomic E-state index is 13.6. The topological polar surface area (TPSA) is 65.8 Å². The second-order valence-corrected chi connectivity index (χ2v) is 8.31. The van der Waals surface area contributed by atoms with Crippen molar-refractivity contribution in [2.75, 3.05) is 33.4 Å². The molecule has 2 saturated heterocycles. The summed E-state index contributed by atoms with van der Waals surface area (Å²) in [5, 5.41) is 5.33. The molecule has 0 bridgehead atoms. The van der Waals surface area contributed by atoms with E-state index in [-0.39, 0.29) is 5.91 Å². The lowest BCUT2D eigenvalue weighted by Gasteiger charge is -2.37. The zero-order chi connectivity index (χ0) is 22.1. The first-order valence-electron chi connectivity index (χ1n) is 10.7. The number of amides is 1. The van der Waals surface area contributed by atoms with Gasteiger partial charge in [-0.1, -0.05) is 29.8 Å². The number of carbonyl (C=O) groups excluding carboxylic acids is 1. The van der Waals surface area contributed by atoms with Crippen LogP contribution in [0.5, 0.6) is 5.75 Å². The van der Waals surface area contributed by atoms with Crippen molar-refractivity contribution in [2.45, 2.75) is 18.6 Å². The molecule has 0 aliphatic carbocycles. The standard InChI is InChI=1S/C24H24ClN3O4/c1-30-18-8-6-17(7-9-18)28-22(16-21(26-28)19-4-2-3-5-20(19)25)23(29)27-12-10-24(11-13-27)31-14-15-32-24/h2-9,16H,10-15H2,1H3. The third kappa shape index (κ3) is 3.88. The highest BCUT2D eigenvalue weighted by Crippen LogP contribution is 2.33. The lowest BCUT2D eigenvalue weighted by molar-refractivity contribution is -0.181. The molecule has 166 valence electrons. The van der Waals surface area contributed by atoms with Crippen molar-refractivity contribution in [1.29, 1.82) is 0 Å². The van der Waals surface area contributed by atoms with Crippen LogP contribution in [0, 0.1) is 0 Å². The van der Waals surface area contributed by atoms with Crippen molar-refractivity contribution >= 4 is 17.5 Å². The summed E-state index contributed by atoms with van der Waals surface area (Å²) in [7, 11) is 1.62. The van der Waals surface area contributed by atoms with Gasteiger partial charge in [0.2, 0.25) is 0 Å². The number of likely N-dealkylation sites (tertiary alicyclic amines) is 1. The van der Waals surface area contributed by atoms with E-state index in [1.54, 1.807) is 17.9 Å². The molecule has 8 heteroatoms. The zero-order valence-electron chi connectivity index (χ0n) is 17.8. The van der Waals surface area contributed by atoms with E-state index in [9.17, 15) is 4.79 Å². The van der Waals surface area contributed by atoms with E-state index in [4.69, 9.17) is 30.9 Å². The van der Waals surface area contributed by atoms with Crippen molar-refractivity contribution < 1.29 is 19.0 Å². The first-order valence-corrected chi connectivity index (χ1v) is 11.0. The number of hydrogen-bond acceptors (Lipinski definition) is 5. The smallest absolute Gasteiger partial charge is 0.272 e. The Kier molecular flexibility index (Phi) is 5.63. The number of nitrogens with zero attached hydrogens (tertiary/aromatic N) is 3. The lowest BCUT2D eigenvalue weighted by atomic mass is 10.0. The van der Waals surface area contributed by atoms with Gasteiger partial charge in [-0.3, -0.25) is 4.79 Å². The highest BCUT2D eigenvalue weighted by molar-refractivity contribution is 6.33. The largest absolute Gasteiger partial charge is 0.497 e. The molecule has 7 nitrogen and oxygen atoms in total. The fraction of sp³-hybridized carbons (Fsp3) is 0.333. The van der Waals surface area contributed by atoms with E-state index < -0.39 is 5.79 Å². The average molecular weight is 454 g/mol. The minimum atomic E-state index is -0.532. The number of piperidine rings is 1. The molecule has 1 aromatic heterocycles. The van der Waals surface area contributed by atoms with Crippen LogP contribution < -0.4 is 4.74 Å². The maximum Gasteiger partial charge on any atom is 0.272 e. The zero-order valence-corrected chi connectivity index (χ0v) is 18.5. The summed E-state index contributed by atoms with van der Waals surface area (Å²) in [5.74, 6) is 0.118. The Morgan fingerprint density at radius 1 is 1.06 bits per heavy atom. The van der Waals surface area contributed by atoms with Crippen LogP contribution in [0.25, 0.3) is 16.9 Å². The fourth-order valence-corrected chi connectivity index (χ4v) is 4.48. The van der Waals surface area contributed by atoms with Crippen molar-refractivity contribution in [3.05, 3.63) is 65.3 Å². The molecular weight excluding hydrogens is 430 g/mol. The Bertz CT molecular complexity index is 1110. The van der Waals surface area contributed by atoms with Crippen molar-refractivity contribution in [1.82, 2.24) is 14.7 Å². The summed E-state index contributed by atoms with van der Waals surface area (Å²) >= 11 is 6.41. The van der Waals surface area contributed by atoms with E-state index in [0.717, 1.165) is 17.0 Å². The van der Waals surface area contributed by atoms with Gasteiger partial charge < -0.3 is 19.1 Å². The second kappa shape index (κ2) is 8.58. The Balaban J connectivity index is 1.49. The van der Waals surface area contributed by atoms with E-state index >= 15 is 0 Å². The van der Waals surface area contributed by atoms with Crippen molar-refractivity contribution in [3.8, 4) is 22.7 Å². The highest BCUT2D eigenvalue weighted by Gasteiger charge is 2.41. The number of methoxy groups -OCH3 is 1. The molecule has 0 N–H and O–H groups in total. The minimum absolute atomic E-state index is 0.0838. The van der Waals surface area contributed by atoms with Crippen LogP contribution in [-0.4, -0.2) is 59.8 Å². The summed E-state index contributed by atoms with van der Waals surface area (Å²) in [6.07, 6.45) is 1.32. The molecule has 0 radical (unpaired) electrons. The second-order valence-electron chi connectivity index (χ2n) is 7.90. The van der Waals surface area contributed by atoms with E-state index in [1.165, 1.54) is 0 Å². The summed E-state index contributed by atoms with van der Waals surface area (Å²) < 4.78 is 18.5. The van der Waals surface area contributed by atoms with Crippen LogP contribution in [0.15, 0.2) is 54.6 Å². The van der Waals surface area contributed by atoms with Crippen LogP contribution in [0.4, 0.5) is 0 Å². The number of ether oxygens (including phenoxy) is 3. The molecule has 5 rings (SSSR count). The third-order valence-electron chi connectivity index (χ3n) is 6.02. The normalized spacial score (nSPS) is 17.6. The van der Waals surface area contributed by atoms with Crippen LogP contribution in [0.1, 0.15) is 23.3 Å². The van der Waals surface area contributed by atoms with Crippen molar-refractivity contribution in [2.24, 2.45) is 0 Å². The van der Waals surface area contributed by atoms with Gasteiger partial charge in [0.1, 0.15) is 11.4 Å². The van der Waals surface area contributed by atoms with Crippen LogP contribution in [0.3, 0.4) is 0 Å². The number of hydrogen-bond donors (Lipinski definition) is 0. The van der Waals surface area contributed by atoms with Gasteiger partial charge in [0, 0.05) is 31.5 Å². The molecule has 0 unspecified atom stereocenters. The Hall–Kier alpha value is -2.87. The molecule has 1 spiro atoms. The maximum atomic E-state index is 13.6. The van der Waals surface area contributed by atoms with Gasteiger partial charge in [-0.05, 0) is 36.4 Å². The minimum Gasteiger partial charge on any atom is -0.497 e. The number of rotatable bonds is 4. The van der Waals surface area contributed by atoms with Gasteiger partial charge in [-0.15, -0.1) is 0 Å². The first-order chi connectivity index (χ1) is 15.6. The lowest BCUT2D eigenvalue weighted by Crippen LogP contribution is -2.47. The predicted octanol–water partition coefficient (Wildman–Crippen LogP) is 4.18. The molecule has 0 saturated carbocycles. The van der Waals surface area contributed by atoms with E-state index in [2.05, 4.69) is 0 Å². The number of carbonyl (C=O) groups is 1. The third-order valence-corrected chi connectivity index (χ3v) is 6.35. The van der Waals surface area contributed by atoms with Gasteiger partial charge in [0.25, 0.3) is 5.91 Å². The van der Waals surface area contributed by atoms with Gasteiger partial charge in [-0.2, -0.15) is 5.10 Å². The average Bonchev–Trinajstić information content (AvgIpc) is 3.47. The Morgan fingerprint density at radius 2 is 1.75 bits per heavy atom. The Morgan fingerprint density at radius 3 is 2.41 bits per heavy atom. The van der Waals surface area contributed by atoms with Crippen LogP contribution in [0.2, 0.25) is 5.02 Å². The summed E-state index contributed by atoms with van der Waals surface area (Å²) in [6, 6.07) is 16.7. The fourth-order valence-electron chi connectivity index (χ4n) is 4.25. The van der Waals surface area contributed by atoms with Gasteiger partial charge in [0.15, 0.2) is 5.79 Å². The summed E-state index contributed by atoms with van der Waals surface area (Å²) in [5.41, 5.74) is 2.67. The molecule has 3 aromatic rings. The molecule has 2 aromatic carbocycles. The molecule has 2 aliphatic rings. The van der Waals surface area contributed by atoms with Gasteiger partial charge >= 0.3 is 0 Å². The molecule has 2 aliphatic heterocycles. The van der Waals surface area contributed by atoms with Crippen LogP contribution in [-0.2, 0) is 9.47 Å². The molecule has 0 atom stereocenters.